The van der Waals surface area contributed by atoms with Crippen molar-refractivity contribution in [1.82, 2.24) is 26.6 Å². The van der Waals surface area contributed by atoms with Gasteiger partial charge in [-0.05, 0) is 163 Å². The number of phenolic OH excluding ortho intramolecular Hbond substituents is 3. The first kappa shape index (κ1) is 72.3. The van der Waals surface area contributed by atoms with E-state index in [1.54, 1.807) is 0 Å². The lowest BCUT2D eigenvalue weighted by Crippen LogP contribution is -2.60. The van der Waals surface area contributed by atoms with Crippen molar-refractivity contribution in [1.29, 1.82) is 0 Å². The Morgan fingerprint density at radius 2 is 1.29 bits per heavy atom. The summed E-state index contributed by atoms with van der Waals surface area (Å²) in [6.07, 6.45) is -11.5. The van der Waals surface area contributed by atoms with Crippen LogP contribution in [0.5, 0.6) is 46.0 Å². The molecule has 10 aliphatic rings. The lowest BCUT2D eigenvalue weighted by Gasteiger charge is -2.54. The Bertz CT molecular complexity index is 4090. The van der Waals surface area contributed by atoms with Crippen LogP contribution >= 0.6 is 23.2 Å². The molecule has 5 unspecified atom stereocenters. The standard InChI is InChI=1S/C72H80Cl2N6O21/c1-28(2)10-45(76-3)70(96)79-60-48(85)19-37(22-56(75)88)68(94)77-58-36-20-53(98-51-8-5-32(62(60)89)17-43(51)73)67(101-72-66(93)65(92)64(91)55(27-81)100-72)54(21-36)99-52-9-6-33(18-44(52)74)63(90)61-71(97)78-59(50(87)25-39-34-12-29-11-30(14-34)15-35(39)13-29)42-23-38(82)24-47(84)57(42)41-16-31(4-7-46(41)83)40(26-49(58)86)69(95)80-61/h4-9,16-18,20-21,23-24,28-30,34-35,37,39-40,45,55,58-66,72,76,81-84,89-93H,10-15,19,22,25-27H2,1-3H3,(H2,75,88)(H,77,94)(H,78,97)(H,79,96)(H,80,95)/t29?,30?,34?,35?,37-,39?,40+,45+,55?,58+,59-,60-,61-,62+,63+,64?,65?,66?,72?/m0/s1. The molecule has 29 heteroatoms. The maximum atomic E-state index is 16.2. The summed E-state index contributed by atoms with van der Waals surface area (Å²) in [6, 6.07) is 6.48. The molecule has 5 amide bonds. The van der Waals surface area contributed by atoms with Gasteiger partial charge < -0.3 is 97.2 Å². The number of ketones is 3. The lowest BCUT2D eigenvalue weighted by molar-refractivity contribution is -0.277. The van der Waals surface area contributed by atoms with E-state index in [1.807, 2.05) is 13.8 Å². The molecule has 6 heterocycles. The maximum absolute atomic E-state index is 16.2. The second-order valence-corrected chi connectivity index (χ2v) is 29.0. The van der Waals surface area contributed by atoms with Gasteiger partial charge in [-0.3, -0.25) is 38.4 Å². The van der Waals surface area contributed by atoms with E-state index in [0.717, 1.165) is 62.4 Å². The lowest BCUT2D eigenvalue weighted by atomic mass is 9.51. The number of ether oxygens (including phenoxy) is 4. The summed E-state index contributed by atoms with van der Waals surface area (Å²) in [4.78, 5) is 120. The van der Waals surface area contributed by atoms with Crippen LogP contribution in [0.25, 0.3) is 11.1 Å². The molecule has 5 fully saturated rings. The van der Waals surface area contributed by atoms with Gasteiger partial charge in [0.05, 0.1) is 34.5 Å². The van der Waals surface area contributed by atoms with Gasteiger partial charge in [0.1, 0.15) is 89.5 Å². The Morgan fingerprint density at radius 3 is 1.88 bits per heavy atom. The Kier molecular flexibility index (Phi) is 21.1. The summed E-state index contributed by atoms with van der Waals surface area (Å²) in [6.45, 7) is 2.78. The van der Waals surface area contributed by atoms with Crippen LogP contribution in [0.2, 0.25) is 10.0 Å². The summed E-state index contributed by atoms with van der Waals surface area (Å²) in [5.41, 5.74) is 4.38. The zero-order valence-electron chi connectivity index (χ0n) is 55.1. The Labute approximate surface area is 589 Å². The number of nitrogens with one attached hydrogen (secondary N) is 5. The molecule has 6 aliphatic heterocycles. The number of phenols is 3. The van der Waals surface area contributed by atoms with E-state index < -0.39 is 192 Å². The molecule has 0 radical (unpaired) electrons. The van der Waals surface area contributed by atoms with Crippen LogP contribution in [0.15, 0.2) is 78.9 Å². The molecule has 1 saturated heterocycles. The average molecular weight is 1440 g/mol. The molecule has 16 N–H and O–H groups in total. The van der Waals surface area contributed by atoms with Crippen LogP contribution in [0, 0.1) is 41.4 Å². The molecule has 14 atom stereocenters. The van der Waals surface area contributed by atoms with Gasteiger partial charge in [-0.1, -0.05) is 55.2 Å². The molecule has 4 aliphatic carbocycles. The zero-order valence-corrected chi connectivity index (χ0v) is 56.6. The summed E-state index contributed by atoms with van der Waals surface area (Å²) < 4.78 is 25.3. The van der Waals surface area contributed by atoms with Gasteiger partial charge in [-0.25, -0.2) is 0 Å². The topological polar surface area (TPSA) is 442 Å². The summed E-state index contributed by atoms with van der Waals surface area (Å²) in [5, 5.41) is 117. The Morgan fingerprint density at radius 1 is 0.663 bits per heavy atom. The number of primary amides is 1. The van der Waals surface area contributed by atoms with Gasteiger partial charge in [-0.2, -0.15) is 0 Å². The van der Waals surface area contributed by atoms with Crippen LogP contribution in [0.4, 0.5) is 0 Å². The van der Waals surface area contributed by atoms with E-state index in [4.69, 9.17) is 47.9 Å². The molecule has 101 heavy (non-hydrogen) atoms. The van der Waals surface area contributed by atoms with E-state index in [0.29, 0.717) is 11.8 Å². The number of benzene rings is 5. The third-order valence-corrected chi connectivity index (χ3v) is 21.5. The largest absolute Gasteiger partial charge is 0.508 e. The fourth-order valence-electron chi connectivity index (χ4n) is 16.0. The number of Topliss-reactive ketones (excluding diaryl/α,β-unsaturated/α-hetero) is 3. The minimum atomic E-state index is -2.13. The van der Waals surface area contributed by atoms with Crippen LogP contribution < -0.4 is 46.5 Å². The molecule has 0 spiro atoms. The van der Waals surface area contributed by atoms with Crippen LogP contribution in [0.3, 0.4) is 0 Å². The smallest absolute Gasteiger partial charge is 0.246 e. The van der Waals surface area contributed by atoms with Gasteiger partial charge in [0, 0.05) is 42.9 Å². The number of halogens is 2. The normalized spacial score (nSPS) is 30.4. The monoisotopic (exact) mass is 1430 g/mol. The minimum absolute atomic E-state index is 0.0523. The number of rotatable bonds is 13. The number of aromatic hydroxyl groups is 3. The van der Waals surface area contributed by atoms with Crippen molar-refractivity contribution in [3.63, 3.8) is 0 Å². The molecule has 15 rings (SSSR count). The van der Waals surface area contributed by atoms with Crippen molar-refractivity contribution >= 4 is 70.1 Å². The number of carbonyl (C=O) groups excluding carboxylic acids is 8. The minimum Gasteiger partial charge on any atom is -0.508 e. The average Bonchev–Trinajstić information content (AvgIpc) is 0.765. The van der Waals surface area contributed by atoms with E-state index in [9.17, 15) is 60.3 Å². The zero-order chi connectivity index (χ0) is 72.3. The number of likely N-dealkylation sites (N-methyl/N-ethyl adjacent to an activating group) is 1. The van der Waals surface area contributed by atoms with Crippen molar-refractivity contribution in [2.75, 3.05) is 13.7 Å². The Balaban J connectivity index is 1.06. The number of amides is 5. The number of hydrogen-bond donors (Lipinski definition) is 15. The summed E-state index contributed by atoms with van der Waals surface area (Å²) in [7, 11) is 1.51. The van der Waals surface area contributed by atoms with Gasteiger partial charge in [0.2, 0.25) is 41.6 Å². The van der Waals surface area contributed by atoms with Crippen molar-refractivity contribution in [2.45, 2.75) is 157 Å². The number of fused-ring (bicyclic) bond motifs is 15. The number of aliphatic hydroxyl groups excluding tert-OH is 6. The SMILES string of the molecule is CN[C@H](CC(C)C)C(=O)N[C@H]1C(=O)C[C@@H](CC(N)=O)C(=O)N[C@H]2C(=O)C[C@H]3C(=O)N[C@H](C(=O)N[C@H](C(=O)CC4C5CC6CC(C5)CC4C6)c4cc(O)cc(O)c4-c4cc3ccc4O)[C@H](O)c3ccc(c(Cl)c3)Oc3cc2cc(c3OC2OC(CO)C(O)C(O)C2O)Oc2ccc(cc2Cl)[C@H]1O. The van der Waals surface area contributed by atoms with Gasteiger partial charge in [0.25, 0.3) is 0 Å². The Hall–Kier alpha value is -8.48. The molecule has 5 aromatic carbocycles. The summed E-state index contributed by atoms with van der Waals surface area (Å²) in [5.74, 6) is -14.6. The fourth-order valence-corrected chi connectivity index (χ4v) is 16.5. The first-order valence-electron chi connectivity index (χ1n) is 33.7. The fraction of sp³-hybridized carbons (Fsp3) is 0.472. The predicted octanol–water partition coefficient (Wildman–Crippen LogP) is 4.79. The van der Waals surface area contributed by atoms with Crippen molar-refractivity contribution < 1.29 is 103 Å². The van der Waals surface area contributed by atoms with E-state index in [1.165, 1.54) is 55.6 Å². The molecule has 538 valence electrons. The van der Waals surface area contributed by atoms with Crippen LogP contribution in [-0.4, -0.2) is 155 Å². The molecular weight excluding hydrogens is 1360 g/mol. The highest BCUT2D eigenvalue weighted by atomic mass is 35.5. The quantitative estimate of drug-likeness (QED) is 0.0753. The van der Waals surface area contributed by atoms with Crippen LogP contribution in [0.1, 0.15) is 136 Å². The summed E-state index contributed by atoms with van der Waals surface area (Å²) >= 11 is 14.1. The molecular formula is C72H80Cl2N6O21. The number of nitrogens with two attached hydrogens (primary N) is 1. The second-order valence-electron chi connectivity index (χ2n) is 28.2. The van der Waals surface area contributed by atoms with Gasteiger partial charge >= 0.3 is 0 Å². The molecule has 4 saturated carbocycles. The highest BCUT2D eigenvalue weighted by Crippen LogP contribution is 2.58. The third-order valence-electron chi connectivity index (χ3n) is 20.9. The van der Waals surface area contributed by atoms with Crippen LogP contribution in [-0.2, 0) is 43.1 Å². The van der Waals surface area contributed by atoms with Crippen molar-refractivity contribution in [3.8, 4) is 57.1 Å². The second kappa shape index (κ2) is 29.5. The number of hydrogen-bond acceptors (Lipinski definition) is 22. The molecule has 5 aromatic rings. The number of aliphatic hydroxyl groups is 6. The van der Waals surface area contributed by atoms with E-state index in [2.05, 4.69) is 26.6 Å². The predicted molar refractivity (Wildman–Crippen MR) is 358 cm³/mol. The first-order valence-corrected chi connectivity index (χ1v) is 34.4. The molecule has 15 bridgehead atoms. The first-order chi connectivity index (χ1) is 48.1. The highest BCUT2D eigenvalue weighted by Gasteiger charge is 2.51. The van der Waals surface area contributed by atoms with Crippen molar-refractivity contribution in [3.05, 3.63) is 117 Å². The van der Waals surface area contributed by atoms with E-state index in [-0.39, 0.29) is 97.0 Å². The third kappa shape index (κ3) is 14.8. The van der Waals surface area contributed by atoms with E-state index >= 15 is 24.0 Å². The maximum Gasteiger partial charge on any atom is 0.246 e. The molecule has 0 aromatic heterocycles. The van der Waals surface area contributed by atoms with Gasteiger partial charge in [-0.15, -0.1) is 0 Å². The molecule has 27 nitrogen and oxygen atoms in total. The van der Waals surface area contributed by atoms with Crippen molar-refractivity contribution in [2.24, 2.45) is 47.2 Å². The number of carbonyl (C=O) groups is 8. The van der Waals surface area contributed by atoms with Gasteiger partial charge in [0.15, 0.2) is 28.8 Å². The highest BCUT2D eigenvalue weighted by molar-refractivity contribution is 6.32.